The lowest BCUT2D eigenvalue weighted by Crippen LogP contribution is -2.04. The second kappa shape index (κ2) is 5.91. The SMILES string of the molecule is C(=Cc1ccccc1OCC1CO1)c1nc2ccccc2s1. The second-order valence-corrected chi connectivity index (χ2v) is 6.22. The lowest BCUT2D eigenvalue weighted by molar-refractivity contribution is 0.262. The van der Waals surface area contributed by atoms with Gasteiger partial charge in [-0.15, -0.1) is 11.3 Å². The average Bonchev–Trinajstić information content (AvgIpc) is 3.29. The molecule has 0 spiro atoms. The fourth-order valence-electron chi connectivity index (χ4n) is 2.22. The third-order valence-electron chi connectivity index (χ3n) is 3.46. The molecule has 1 atom stereocenters. The van der Waals surface area contributed by atoms with Crippen LogP contribution in [0.15, 0.2) is 48.5 Å². The molecule has 1 aliphatic heterocycles. The van der Waals surface area contributed by atoms with Gasteiger partial charge >= 0.3 is 0 Å². The van der Waals surface area contributed by atoms with Gasteiger partial charge in [0.15, 0.2) is 0 Å². The van der Waals surface area contributed by atoms with E-state index >= 15 is 0 Å². The number of nitrogens with zero attached hydrogens (tertiary/aromatic N) is 1. The summed E-state index contributed by atoms with van der Waals surface area (Å²) in [5, 5.41) is 1.00. The van der Waals surface area contributed by atoms with Crippen molar-refractivity contribution in [2.75, 3.05) is 13.2 Å². The van der Waals surface area contributed by atoms with Crippen LogP contribution in [-0.4, -0.2) is 24.3 Å². The van der Waals surface area contributed by atoms with Crippen LogP contribution in [0.2, 0.25) is 0 Å². The molecule has 0 saturated carbocycles. The number of para-hydroxylation sites is 2. The van der Waals surface area contributed by atoms with E-state index in [0.717, 1.165) is 28.4 Å². The normalized spacial score (nSPS) is 17.2. The number of benzene rings is 2. The largest absolute Gasteiger partial charge is 0.490 e. The van der Waals surface area contributed by atoms with Gasteiger partial charge in [-0.05, 0) is 30.4 Å². The van der Waals surface area contributed by atoms with Gasteiger partial charge in [-0.3, -0.25) is 0 Å². The van der Waals surface area contributed by atoms with Gasteiger partial charge in [-0.1, -0.05) is 30.3 Å². The maximum Gasteiger partial charge on any atom is 0.126 e. The molecule has 0 amide bonds. The summed E-state index contributed by atoms with van der Waals surface area (Å²) in [6.07, 6.45) is 4.36. The van der Waals surface area contributed by atoms with Crippen LogP contribution in [-0.2, 0) is 4.74 Å². The minimum absolute atomic E-state index is 0.265. The molecule has 1 fully saturated rings. The Morgan fingerprint density at radius 2 is 1.95 bits per heavy atom. The molecule has 4 rings (SSSR count). The maximum absolute atomic E-state index is 5.82. The molecule has 1 aromatic heterocycles. The molecule has 1 aliphatic rings. The van der Waals surface area contributed by atoms with E-state index in [0.29, 0.717) is 6.61 Å². The second-order valence-electron chi connectivity index (χ2n) is 5.16. The predicted molar refractivity (Wildman–Crippen MR) is 90.2 cm³/mol. The summed E-state index contributed by atoms with van der Waals surface area (Å²) in [5.74, 6) is 0.885. The Balaban J connectivity index is 1.56. The molecule has 22 heavy (non-hydrogen) atoms. The van der Waals surface area contributed by atoms with E-state index in [2.05, 4.69) is 17.1 Å². The van der Waals surface area contributed by atoms with Crippen LogP contribution in [0.3, 0.4) is 0 Å². The van der Waals surface area contributed by atoms with Crippen LogP contribution in [0.25, 0.3) is 22.4 Å². The van der Waals surface area contributed by atoms with Crippen LogP contribution in [0.1, 0.15) is 10.6 Å². The van der Waals surface area contributed by atoms with Crippen molar-refractivity contribution in [1.82, 2.24) is 4.98 Å². The predicted octanol–water partition coefficient (Wildman–Crippen LogP) is 4.24. The topological polar surface area (TPSA) is 34.6 Å². The molecule has 4 heteroatoms. The van der Waals surface area contributed by atoms with Gasteiger partial charge in [0.2, 0.25) is 0 Å². The minimum Gasteiger partial charge on any atom is -0.490 e. The number of rotatable bonds is 5. The first-order chi connectivity index (χ1) is 10.9. The van der Waals surface area contributed by atoms with Gasteiger partial charge in [0, 0.05) is 5.56 Å². The van der Waals surface area contributed by atoms with Crippen LogP contribution >= 0.6 is 11.3 Å². The van der Waals surface area contributed by atoms with Crippen LogP contribution in [0, 0.1) is 0 Å². The van der Waals surface area contributed by atoms with E-state index in [-0.39, 0.29) is 6.10 Å². The summed E-state index contributed by atoms with van der Waals surface area (Å²) in [6, 6.07) is 16.2. The van der Waals surface area contributed by atoms with Crippen molar-refractivity contribution < 1.29 is 9.47 Å². The number of hydrogen-bond donors (Lipinski definition) is 0. The van der Waals surface area contributed by atoms with Gasteiger partial charge in [0.05, 0.1) is 16.8 Å². The Labute approximate surface area is 132 Å². The monoisotopic (exact) mass is 309 g/mol. The van der Waals surface area contributed by atoms with E-state index in [9.17, 15) is 0 Å². The van der Waals surface area contributed by atoms with Crippen LogP contribution in [0.4, 0.5) is 0 Å². The molecule has 3 nitrogen and oxygen atoms in total. The molecule has 0 radical (unpaired) electrons. The van der Waals surface area contributed by atoms with Crippen molar-refractivity contribution in [3.05, 3.63) is 59.1 Å². The van der Waals surface area contributed by atoms with Crippen LogP contribution < -0.4 is 4.74 Å². The third-order valence-corrected chi connectivity index (χ3v) is 4.46. The molecular weight excluding hydrogens is 294 g/mol. The first kappa shape index (κ1) is 13.5. The van der Waals surface area contributed by atoms with Crippen molar-refractivity contribution in [1.29, 1.82) is 0 Å². The highest BCUT2D eigenvalue weighted by Gasteiger charge is 2.23. The lowest BCUT2D eigenvalue weighted by atomic mass is 10.2. The van der Waals surface area contributed by atoms with Gasteiger partial charge in [0.25, 0.3) is 0 Å². The molecule has 0 bridgehead atoms. The Hall–Kier alpha value is -2.17. The number of hydrogen-bond acceptors (Lipinski definition) is 4. The van der Waals surface area contributed by atoms with E-state index in [1.807, 2.05) is 48.5 Å². The average molecular weight is 309 g/mol. The number of aromatic nitrogens is 1. The van der Waals surface area contributed by atoms with Gasteiger partial charge in [-0.25, -0.2) is 4.98 Å². The van der Waals surface area contributed by atoms with E-state index in [4.69, 9.17) is 9.47 Å². The molecule has 1 unspecified atom stereocenters. The van der Waals surface area contributed by atoms with E-state index < -0.39 is 0 Å². The van der Waals surface area contributed by atoms with Gasteiger partial charge in [-0.2, -0.15) is 0 Å². The van der Waals surface area contributed by atoms with Gasteiger partial charge < -0.3 is 9.47 Å². The quantitative estimate of drug-likeness (QED) is 0.661. The first-order valence-corrected chi connectivity index (χ1v) is 8.07. The van der Waals surface area contributed by atoms with Crippen molar-refractivity contribution in [3.8, 4) is 5.75 Å². The lowest BCUT2D eigenvalue weighted by Gasteiger charge is -2.07. The first-order valence-electron chi connectivity index (χ1n) is 7.25. The summed E-state index contributed by atoms with van der Waals surface area (Å²) < 4.78 is 12.2. The Kier molecular flexibility index (Phi) is 3.62. The Morgan fingerprint density at radius 1 is 1.14 bits per heavy atom. The molecule has 2 aromatic carbocycles. The summed E-state index contributed by atoms with van der Waals surface area (Å²) in [4.78, 5) is 4.61. The Morgan fingerprint density at radius 3 is 2.82 bits per heavy atom. The highest BCUT2D eigenvalue weighted by molar-refractivity contribution is 7.19. The number of ether oxygens (including phenoxy) is 2. The fraction of sp³-hybridized carbons (Fsp3) is 0.167. The standard InChI is InChI=1S/C18H15NO2S/c1-3-7-16(21-12-14-11-20-14)13(5-1)9-10-18-19-15-6-2-4-8-17(15)22-18/h1-10,14H,11-12H2. The molecule has 3 aromatic rings. The minimum atomic E-state index is 0.265. The summed E-state index contributed by atoms with van der Waals surface area (Å²) in [6.45, 7) is 1.43. The number of thiazole rings is 1. The van der Waals surface area contributed by atoms with Crippen molar-refractivity contribution in [2.45, 2.75) is 6.10 Å². The summed E-state index contributed by atoms with van der Waals surface area (Å²) >= 11 is 1.69. The highest BCUT2D eigenvalue weighted by atomic mass is 32.1. The fourth-order valence-corrected chi connectivity index (χ4v) is 3.09. The van der Waals surface area contributed by atoms with Crippen molar-refractivity contribution in [2.24, 2.45) is 0 Å². The zero-order valence-electron chi connectivity index (χ0n) is 11.9. The molecule has 0 N–H and O–H groups in total. The molecule has 110 valence electrons. The molecule has 2 heterocycles. The van der Waals surface area contributed by atoms with E-state index in [1.54, 1.807) is 11.3 Å². The number of fused-ring (bicyclic) bond motifs is 1. The third kappa shape index (κ3) is 3.03. The zero-order valence-corrected chi connectivity index (χ0v) is 12.8. The van der Waals surface area contributed by atoms with Crippen molar-refractivity contribution in [3.63, 3.8) is 0 Å². The maximum atomic E-state index is 5.82. The number of epoxide rings is 1. The molecule has 0 aliphatic carbocycles. The molecule has 1 saturated heterocycles. The summed E-state index contributed by atoms with van der Waals surface area (Å²) in [5.41, 5.74) is 2.10. The summed E-state index contributed by atoms with van der Waals surface area (Å²) in [7, 11) is 0. The van der Waals surface area contributed by atoms with Gasteiger partial charge in [0.1, 0.15) is 23.5 Å². The van der Waals surface area contributed by atoms with Crippen molar-refractivity contribution >= 4 is 33.7 Å². The smallest absolute Gasteiger partial charge is 0.126 e. The zero-order chi connectivity index (χ0) is 14.8. The highest BCUT2D eigenvalue weighted by Crippen LogP contribution is 2.25. The Bertz CT molecular complexity index is 788. The van der Waals surface area contributed by atoms with Crippen LogP contribution in [0.5, 0.6) is 5.75 Å². The van der Waals surface area contributed by atoms with E-state index in [1.165, 1.54) is 4.70 Å². The molecular formula is C18H15NO2S.